The van der Waals surface area contributed by atoms with Gasteiger partial charge in [-0.05, 0) is 31.0 Å². The van der Waals surface area contributed by atoms with Crippen molar-refractivity contribution in [2.24, 2.45) is 9.98 Å². The molecule has 0 saturated heterocycles. The predicted octanol–water partition coefficient (Wildman–Crippen LogP) is 2.98. The van der Waals surface area contributed by atoms with Crippen LogP contribution >= 0.6 is 23.2 Å². The van der Waals surface area contributed by atoms with Gasteiger partial charge < -0.3 is 5.32 Å². The van der Waals surface area contributed by atoms with Crippen LogP contribution in [-0.2, 0) is 0 Å². The maximum absolute atomic E-state index is 12.4. The van der Waals surface area contributed by atoms with Crippen LogP contribution in [0.3, 0.4) is 0 Å². The molecule has 0 heterocycles. The molecule has 4 nitrogen and oxygen atoms in total. The number of carbonyl (C=O) groups is 1. The van der Waals surface area contributed by atoms with Gasteiger partial charge in [0.2, 0.25) is 0 Å². The zero-order valence-corrected chi connectivity index (χ0v) is 11.9. The zero-order chi connectivity index (χ0) is 13.9. The second kappa shape index (κ2) is 5.72. The van der Waals surface area contributed by atoms with E-state index in [0.717, 1.165) is 12.8 Å². The van der Waals surface area contributed by atoms with Crippen LogP contribution in [0.15, 0.2) is 28.2 Å². The number of nitrogens with one attached hydrogen (secondary N) is 1. The second-order valence-electron chi connectivity index (χ2n) is 4.30. The van der Waals surface area contributed by atoms with Crippen molar-refractivity contribution in [1.82, 2.24) is 5.32 Å². The smallest absolute Gasteiger partial charge is 0.191 e. The molecule has 0 bridgehead atoms. The Morgan fingerprint density at radius 2 is 2.11 bits per heavy atom. The van der Waals surface area contributed by atoms with E-state index in [1.54, 1.807) is 25.2 Å². The van der Waals surface area contributed by atoms with Gasteiger partial charge in [0, 0.05) is 17.6 Å². The number of Topliss-reactive ketones (excluding diaryl/α,β-unsaturated/α-hetero) is 1. The van der Waals surface area contributed by atoms with Crippen LogP contribution < -0.4 is 5.32 Å². The number of carbonyl (C=O) groups excluding carboxylic acids is 1. The first-order chi connectivity index (χ1) is 9.09. The largest absolute Gasteiger partial charge is 0.338 e. The first kappa shape index (κ1) is 14.0. The van der Waals surface area contributed by atoms with E-state index >= 15 is 0 Å². The van der Waals surface area contributed by atoms with Crippen LogP contribution in [0.5, 0.6) is 0 Å². The number of aliphatic imine (C=N–C) groups is 2. The van der Waals surface area contributed by atoms with Crippen molar-refractivity contribution in [3.8, 4) is 0 Å². The highest BCUT2D eigenvalue weighted by atomic mass is 35.5. The van der Waals surface area contributed by atoms with Crippen molar-refractivity contribution in [2.75, 3.05) is 7.05 Å². The lowest BCUT2D eigenvalue weighted by atomic mass is 10.0. The van der Waals surface area contributed by atoms with Crippen molar-refractivity contribution >= 4 is 41.7 Å². The summed E-state index contributed by atoms with van der Waals surface area (Å²) in [6.07, 6.45) is 4.44. The number of hydrogen-bond donors (Lipinski definition) is 1. The standard InChI is InChI=1S/C13H13Cl2N3O/c1-16-7-17-8-18-13(4-5-13)12(19)10-3-2-9(14)6-11(10)15/h2-3,6-8H,4-5H2,1H3,(H,16,17,18). The molecule has 0 aromatic heterocycles. The molecule has 0 aliphatic heterocycles. The Bertz CT molecular complexity index is 551. The molecule has 6 heteroatoms. The summed E-state index contributed by atoms with van der Waals surface area (Å²) in [5.74, 6) is -0.0688. The second-order valence-corrected chi connectivity index (χ2v) is 5.14. The van der Waals surface area contributed by atoms with Gasteiger partial charge in [0.1, 0.15) is 5.54 Å². The van der Waals surface area contributed by atoms with Gasteiger partial charge in [-0.3, -0.25) is 14.8 Å². The lowest BCUT2D eigenvalue weighted by Gasteiger charge is -2.10. The highest BCUT2D eigenvalue weighted by Gasteiger charge is 2.50. The van der Waals surface area contributed by atoms with Gasteiger partial charge in [0.15, 0.2) is 5.78 Å². The molecule has 1 aromatic rings. The van der Waals surface area contributed by atoms with Gasteiger partial charge in [-0.1, -0.05) is 23.2 Å². The average molecular weight is 298 g/mol. The maximum atomic E-state index is 12.4. The molecular weight excluding hydrogens is 285 g/mol. The molecule has 1 fully saturated rings. The van der Waals surface area contributed by atoms with E-state index in [2.05, 4.69) is 15.3 Å². The number of rotatable bonds is 5. The van der Waals surface area contributed by atoms with E-state index in [-0.39, 0.29) is 5.78 Å². The van der Waals surface area contributed by atoms with Crippen molar-refractivity contribution < 1.29 is 4.79 Å². The van der Waals surface area contributed by atoms with E-state index in [4.69, 9.17) is 23.2 Å². The molecule has 1 aromatic carbocycles. The normalized spacial score (nSPS) is 17.0. The van der Waals surface area contributed by atoms with Crippen LogP contribution in [0.1, 0.15) is 23.2 Å². The Labute approximate surface area is 121 Å². The van der Waals surface area contributed by atoms with E-state index in [0.29, 0.717) is 15.6 Å². The fourth-order valence-electron chi connectivity index (χ4n) is 1.73. The summed E-state index contributed by atoms with van der Waals surface area (Å²) in [4.78, 5) is 20.5. The van der Waals surface area contributed by atoms with Crippen molar-refractivity contribution in [2.45, 2.75) is 18.4 Å². The summed E-state index contributed by atoms with van der Waals surface area (Å²) >= 11 is 11.9. The SMILES string of the molecule is CN=CNC=NC1(C(=O)c2ccc(Cl)cc2Cl)CC1. The lowest BCUT2D eigenvalue weighted by Crippen LogP contribution is -2.23. The molecule has 100 valence electrons. The van der Waals surface area contributed by atoms with Gasteiger partial charge in [-0.2, -0.15) is 0 Å². The van der Waals surface area contributed by atoms with E-state index in [1.807, 2.05) is 0 Å². The van der Waals surface area contributed by atoms with E-state index < -0.39 is 5.54 Å². The van der Waals surface area contributed by atoms with Crippen molar-refractivity contribution in [1.29, 1.82) is 0 Å². The average Bonchev–Trinajstić information content (AvgIpc) is 3.15. The van der Waals surface area contributed by atoms with Crippen LogP contribution in [0.4, 0.5) is 0 Å². The third-order valence-electron chi connectivity index (χ3n) is 2.91. The highest BCUT2D eigenvalue weighted by molar-refractivity contribution is 6.37. The predicted molar refractivity (Wildman–Crippen MR) is 78.8 cm³/mol. The van der Waals surface area contributed by atoms with E-state index in [1.165, 1.54) is 12.7 Å². The quantitative estimate of drug-likeness (QED) is 0.516. The number of ketones is 1. The molecule has 1 aliphatic rings. The number of halogens is 2. The molecule has 1 saturated carbocycles. The van der Waals surface area contributed by atoms with Crippen LogP contribution in [0, 0.1) is 0 Å². The molecule has 1 aliphatic carbocycles. The summed E-state index contributed by atoms with van der Waals surface area (Å²) < 4.78 is 0. The summed E-state index contributed by atoms with van der Waals surface area (Å²) in [6, 6.07) is 4.87. The Morgan fingerprint density at radius 1 is 1.37 bits per heavy atom. The maximum Gasteiger partial charge on any atom is 0.191 e. The third-order valence-corrected chi connectivity index (χ3v) is 3.46. The minimum atomic E-state index is -0.675. The van der Waals surface area contributed by atoms with Gasteiger partial charge in [-0.25, -0.2) is 0 Å². The minimum Gasteiger partial charge on any atom is -0.338 e. The fourth-order valence-corrected chi connectivity index (χ4v) is 2.22. The Hall–Kier alpha value is -1.39. The van der Waals surface area contributed by atoms with Gasteiger partial charge in [-0.15, -0.1) is 0 Å². The molecule has 0 radical (unpaired) electrons. The molecule has 0 atom stereocenters. The number of hydrogen-bond acceptors (Lipinski definition) is 3. The summed E-state index contributed by atoms with van der Waals surface area (Å²) in [6.45, 7) is 0. The van der Waals surface area contributed by atoms with Crippen molar-refractivity contribution in [3.05, 3.63) is 33.8 Å². The number of nitrogens with zero attached hydrogens (tertiary/aromatic N) is 2. The Balaban J connectivity index is 2.17. The van der Waals surface area contributed by atoms with Crippen molar-refractivity contribution in [3.63, 3.8) is 0 Å². The molecule has 0 unspecified atom stereocenters. The molecule has 0 spiro atoms. The molecular formula is C13H13Cl2N3O. The van der Waals surface area contributed by atoms with Gasteiger partial charge in [0.05, 0.1) is 17.7 Å². The number of benzene rings is 1. The Kier molecular flexibility index (Phi) is 4.22. The lowest BCUT2D eigenvalue weighted by molar-refractivity contribution is 0.0951. The highest BCUT2D eigenvalue weighted by Crippen LogP contribution is 2.43. The van der Waals surface area contributed by atoms with Crippen LogP contribution in [0.2, 0.25) is 10.0 Å². The van der Waals surface area contributed by atoms with Crippen LogP contribution in [-0.4, -0.2) is 31.0 Å². The first-order valence-corrected chi connectivity index (χ1v) is 6.55. The molecule has 0 amide bonds. The first-order valence-electron chi connectivity index (χ1n) is 5.79. The zero-order valence-electron chi connectivity index (χ0n) is 10.4. The Morgan fingerprint density at radius 3 is 2.68 bits per heavy atom. The van der Waals surface area contributed by atoms with Gasteiger partial charge >= 0.3 is 0 Å². The molecule has 1 N–H and O–H groups in total. The topological polar surface area (TPSA) is 53.8 Å². The van der Waals surface area contributed by atoms with E-state index in [9.17, 15) is 4.79 Å². The van der Waals surface area contributed by atoms with Crippen LogP contribution in [0.25, 0.3) is 0 Å². The summed E-state index contributed by atoms with van der Waals surface area (Å²) in [7, 11) is 1.65. The fraction of sp³-hybridized carbons (Fsp3) is 0.308. The third kappa shape index (κ3) is 3.14. The molecule has 19 heavy (non-hydrogen) atoms. The van der Waals surface area contributed by atoms with Gasteiger partial charge in [0.25, 0.3) is 0 Å². The monoisotopic (exact) mass is 297 g/mol. The summed E-state index contributed by atoms with van der Waals surface area (Å²) in [5, 5.41) is 3.64. The molecule has 2 rings (SSSR count). The minimum absolute atomic E-state index is 0.0688. The summed E-state index contributed by atoms with van der Waals surface area (Å²) in [5.41, 5.74) is -0.212.